The Morgan fingerprint density at radius 1 is 1.10 bits per heavy atom. The number of pyridine rings is 2. The number of halogens is 3. The molecule has 0 aliphatic carbocycles. The molecule has 4 heterocycles. The van der Waals surface area contributed by atoms with Crippen molar-refractivity contribution in [3.63, 3.8) is 0 Å². The second kappa shape index (κ2) is 12.2. The van der Waals surface area contributed by atoms with Crippen molar-refractivity contribution in [2.45, 2.75) is 18.9 Å². The lowest BCUT2D eigenvalue weighted by Gasteiger charge is -2.45. The smallest absolute Gasteiger partial charge is 0.293 e. The molecule has 15 heteroatoms. The maximum absolute atomic E-state index is 15.8. The average Bonchev–Trinajstić information content (AvgIpc) is 3.32. The van der Waals surface area contributed by atoms with Gasteiger partial charge in [-0.05, 0) is 42.5 Å². The SMILES string of the molecule is [C-]#[N+]c1cc(Cl)c(Nc2ccc3c(c2)cc(OCC(=O)NC)c(=O)n3C)nc1N1CC(C)C(F)(F)C(N2C(=O)c3ccccc3C2=O)C1. The average molecular weight is 676 g/mol. The van der Waals surface area contributed by atoms with Crippen LogP contribution in [0.15, 0.2) is 59.4 Å². The number of piperidine rings is 1. The molecule has 1 saturated heterocycles. The summed E-state index contributed by atoms with van der Waals surface area (Å²) >= 11 is 6.53. The highest BCUT2D eigenvalue weighted by Crippen LogP contribution is 2.43. The fraction of sp³-hybridized carbons (Fsp3) is 0.273. The molecule has 2 aromatic carbocycles. The van der Waals surface area contributed by atoms with Crippen LogP contribution in [0.25, 0.3) is 15.7 Å². The molecule has 0 bridgehead atoms. The van der Waals surface area contributed by atoms with Gasteiger partial charge in [-0.25, -0.2) is 18.6 Å². The summed E-state index contributed by atoms with van der Waals surface area (Å²) in [5, 5.41) is 6.18. The largest absolute Gasteiger partial charge is 0.478 e. The van der Waals surface area contributed by atoms with Crippen LogP contribution >= 0.6 is 11.6 Å². The van der Waals surface area contributed by atoms with Crippen LogP contribution in [0.3, 0.4) is 0 Å². The Morgan fingerprint density at radius 3 is 2.44 bits per heavy atom. The highest BCUT2D eigenvalue weighted by atomic mass is 35.5. The van der Waals surface area contributed by atoms with E-state index < -0.39 is 47.7 Å². The number of hydrogen-bond acceptors (Lipinski definition) is 8. The van der Waals surface area contributed by atoms with Gasteiger partial charge in [0, 0.05) is 44.2 Å². The van der Waals surface area contributed by atoms with Crippen LogP contribution < -0.4 is 25.8 Å². The number of ether oxygens (including phenoxy) is 1. The summed E-state index contributed by atoms with van der Waals surface area (Å²) in [7, 11) is 3.02. The topological polar surface area (TPSA) is 130 Å². The lowest BCUT2D eigenvalue weighted by atomic mass is 9.89. The lowest BCUT2D eigenvalue weighted by Crippen LogP contribution is -2.63. The Morgan fingerprint density at radius 2 is 1.79 bits per heavy atom. The molecule has 0 radical (unpaired) electrons. The summed E-state index contributed by atoms with van der Waals surface area (Å²) in [6, 6.07) is 12.1. The highest BCUT2D eigenvalue weighted by Gasteiger charge is 2.57. The number of nitrogens with zero attached hydrogens (tertiary/aromatic N) is 5. The van der Waals surface area contributed by atoms with Crippen molar-refractivity contribution in [2.75, 3.05) is 37.0 Å². The first-order valence-electron chi connectivity index (χ1n) is 14.8. The van der Waals surface area contributed by atoms with Crippen molar-refractivity contribution in [1.82, 2.24) is 19.8 Å². The molecule has 246 valence electrons. The minimum Gasteiger partial charge on any atom is -0.478 e. The van der Waals surface area contributed by atoms with Gasteiger partial charge in [-0.1, -0.05) is 30.7 Å². The minimum absolute atomic E-state index is 0.00417. The van der Waals surface area contributed by atoms with Gasteiger partial charge in [0.25, 0.3) is 29.2 Å². The van der Waals surface area contributed by atoms with Crippen molar-refractivity contribution in [2.24, 2.45) is 13.0 Å². The fourth-order valence-corrected chi connectivity index (χ4v) is 6.15. The van der Waals surface area contributed by atoms with E-state index in [9.17, 15) is 19.2 Å². The predicted octanol–water partition coefficient (Wildman–Crippen LogP) is 4.76. The van der Waals surface area contributed by atoms with E-state index in [1.165, 1.54) is 47.7 Å². The standard InChI is InChI=1S/C33H28ClF2N7O5/c1-17-14-42(15-26(33(17,35)36)43-30(45)20-7-5-6-8-21(20)31(43)46)29-23(37-2)13-22(34)28(40-29)39-19-9-10-24-18(11-19)12-25(32(47)41(24)4)48-16-27(44)38-3/h5-13,17,26H,14-16H2,1,3-4H3,(H,38,44)(H,39,40). The molecule has 2 aliphatic heterocycles. The van der Waals surface area contributed by atoms with Crippen molar-refractivity contribution < 1.29 is 27.9 Å². The molecule has 3 amide bonds. The molecular weight excluding hydrogens is 648 g/mol. The van der Waals surface area contributed by atoms with Gasteiger partial charge in [0.2, 0.25) is 5.69 Å². The highest BCUT2D eigenvalue weighted by molar-refractivity contribution is 6.33. The number of aromatic nitrogens is 2. The Labute approximate surface area is 277 Å². The minimum atomic E-state index is -3.43. The van der Waals surface area contributed by atoms with Crippen LogP contribution in [-0.4, -0.2) is 70.9 Å². The lowest BCUT2D eigenvalue weighted by molar-refractivity contribution is -0.122. The summed E-state index contributed by atoms with van der Waals surface area (Å²) in [6.45, 7) is 8.04. The van der Waals surface area contributed by atoms with Crippen LogP contribution in [0, 0.1) is 12.5 Å². The van der Waals surface area contributed by atoms with E-state index in [-0.39, 0.29) is 52.4 Å². The third kappa shape index (κ3) is 5.45. The quantitative estimate of drug-likeness (QED) is 0.212. The van der Waals surface area contributed by atoms with Crippen molar-refractivity contribution in [3.8, 4) is 5.75 Å². The number of carbonyl (C=O) groups excluding carboxylic acids is 3. The Bertz CT molecular complexity index is 2080. The molecule has 2 unspecified atom stereocenters. The van der Waals surface area contributed by atoms with E-state index in [1.54, 1.807) is 37.4 Å². The van der Waals surface area contributed by atoms with E-state index in [0.29, 0.717) is 21.5 Å². The van der Waals surface area contributed by atoms with Gasteiger partial charge in [-0.2, -0.15) is 0 Å². The number of hydrogen-bond donors (Lipinski definition) is 2. The first kappa shape index (κ1) is 32.4. The molecule has 0 spiro atoms. The number of amides is 3. The summed E-state index contributed by atoms with van der Waals surface area (Å²) in [4.78, 5) is 61.1. The number of imide groups is 1. The second-order valence-electron chi connectivity index (χ2n) is 11.5. The molecule has 12 nitrogen and oxygen atoms in total. The number of alkyl halides is 2. The van der Waals surface area contributed by atoms with E-state index in [2.05, 4.69) is 20.5 Å². The molecule has 6 rings (SSSR count). The maximum Gasteiger partial charge on any atom is 0.293 e. The van der Waals surface area contributed by atoms with E-state index in [1.807, 2.05) is 0 Å². The summed E-state index contributed by atoms with van der Waals surface area (Å²) in [5.41, 5.74) is 0.732. The fourth-order valence-electron chi connectivity index (χ4n) is 5.96. The summed E-state index contributed by atoms with van der Waals surface area (Å²) in [6.07, 6.45) is 0. The number of rotatable bonds is 7. The molecule has 1 fully saturated rings. The molecule has 2 aliphatic rings. The number of carbonyl (C=O) groups is 3. The van der Waals surface area contributed by atoms with Gasteiger partial charge in [0.15, 0.2) is 12.4 Å². The van der Waals surface area contributed by atoms with Crippen LogP contribution in [0.2, 0.25) is 5.02 Å². The number of fused-ring (bicyclic) bond motifs is 2. The van der Waals surface area contributed by atoms with E-state index in [4.69, 9.17) is 22.9 Å². The molecule has 2 aromatic heterocycles. The molecule has 48 heavy (non-hydrogen) atoms. The summed E-state index contributed by atoms with van der Waals surface area (Å²) < 4.78 is 38.3. The van der Waals surface area contributed by atoms with Crippen molar-refractivity contribution in [1.29, 1.82) is 0 Å². The Balaban J connectivity index is 1.33. The molecule has 2 N–H and O–H groups in total. The monoisotopic (exact) mass is 675 g/mol. The van der Waals surface area contributed by atoms with Crippen LogP contribution in [0.1, 0.15) is 27.6 Å². The molecular formula is C33H28ClF2N7O5. The molecule has 2 atom stereocenters. The maximum atomic E-state index is 15.8. The first-order chi connectivity index (χ1) is 22.8. The van der Waals surface area contributed by atoms with Crippen molar-refractivity contribution in [3.05, 3.63) is 92.5 Å². The zero-order chi connectivity index (χ0) is 34.5. The Kier molecular flexibility index (Phi) is 8.26. The van der Waals surface area contributed by atoms with Crippen LogP contribution in [0.5, 0.6) is 5.75 Å². The predicted molar refractivity (Wildman–Crippen MR) is 175 cm³/mol. The van der Waals surface area contributed by atoms with Gasteiger partial charge in [0.05, 0.1) is 28.2 Å². The number of anilines is 3. The van der Waals surface area contributed by atoms with E-state index >= 15 is 8.78 Å². The van der Waals surface area contributed by atoms with Gasteiger partial charge < -0.3 is 24.8 Å². The number of nitrogens with one attached hydrogen (secondary N) is 2. The van der Waals surface area contributed by atoms with Crippen LogP contribution in [0.4, 0.5) is 31.8 Å². The van der Waals surface area contributed by atoms with Gasteiger partial charge >= 0.3 is 0 Å². The molecule has 4 aromatic rings. The number of aryl methyl sites for hydroxylation is 1. The zero-order valence-electron chi connectivity index (χ0n) is 25.9. The Hall–Kier alpha value is -5.55. The van der Waals surface area contributed by atoms with E-state index in [0.717, 1.165) is 0 Å². The van der Waals surface area contributed by atoms with Gasteiger partial charge in [-0.3, -0.25) is 24.1 Å². The third-order valence-corrected chi connectivity index (χ3v) is 8.86. The van der Waals surface area contributed by atoms with Crippen molar-refractivity contribution >= 4 is 63.2 Å². The van der Waals surface area contributed by atoms with Crippen LogP contribution in [-0.2, 0) is 11.8 Å². The third-order valence-electron chi connectivity index (χ3n) is 8.57. The number of likely N-dealkylation sites (N-methyl/N-ethyl adjacent to an activating group) is 1. The van der Waals surface area contributed by atoms with Gasteiger partial charge in [-0.15, -0.1) is 0 Å². The zero-order valence-corrected chi connectivity index (χ0v) is 26.6. The van der Waals surface area contributed by atoms with Gasteiger partial charge in [0.1, 0.15) is 17.7 Å². The number of benzene rings is 2. The summed E-state index contributed by atoms with van der Waals surface area (Å²) in [5.74, 6) is -6.63. The normalized spacial score (nSPS) is 18.4. The second-order valence-corrected chi connectivity index (χ2v) is 11.9. The first-order valence-corrected chi connectivity index (χ1v) is 15.1. The molecule has 0 saturated carbocycles.